The molecule has 3 aromatic rings. The minimum absolute atomic E-state index is 0.458. The topological polar surface area (TPSA) is 42.7 Å². The highest BCUT2D eigenvalue weighted by Crippen LogP contribution is 2.32. The van der Waals surface area contributed by atoms with Gasteiger partial charge in [-0.25, -0.2) is 9.50 Å². The van der Waals surface area contributed by atoms with Crippen LogP contribution in [-0.4, -0.2) is 45.7 Å². The summed E-state index contributed by atoms with van der Waals surface area (Å²) in [5.74, 6) is 2.33. The fourth-order valence-electron chi connectivity index (χ4n) is 4.35. The van der Waals surface area contributed by atoms with E-state index in [9.17, 15) is 0 Å². The van der Waals surface area contributed by atoms with Crippen LogP contribution in [0.25, 0.3) is 16.8 Å². The Bertz CT molecular complexity index is 946. The van der Waals surface area contributed by atoms with Gasteiger partial charge < -0.3 is 4.74 Å². The number of ether oxygens (including phenoxy) is 1. The van der Waals surface area contributed by atoms with Crippen molar-refractivity contribution in [3.63, 3.8) is 0 Å². The second-order valence-corrected chi connectivity index (χ2v) is 7.84. The van der Waals surface area contributed by atoms with Crippen LogP contribution in [0.3, 0.4) is 0 Å². The molecule has 1 unspecified atom stereocenters. The molecule has 140 valence electrons. The van der Waals surface area contributed by atoms with E-state index in [4.69, 9.17) is 14.8 Å². The number of likely N-dealkylation sites (tertiary alicyclic amines) is 1. The maximum Gasteiger partial charge on any atom is 0.156 e. The first kappa shape index (κ1) is 16.8. The van der Waals surface area contributed by atoms with Gasteiger partial charge in [-0.15, -0.1) is 0 Å². The number of hydrogen-bond acceptors (Lipinski definition) is 4. The highest BCUT2D eigenvalue weighted by atomic mass is 16.5. The molecule has 3 heterocycles. The summed E-state index contributed by atoms with van der Waals surface area (Å²) in [7, 11) is 1.70. The molecule has 1 saturated heterocycles. The zero-order valence-corrected chi connectivity index (χ0v) is 15.8. The molecule has 0 N–H and O–H groups in total. The summed E-state index contributed by atoms with van der Waals surface area (Å²) < 4.78 is 7.29. The molecule has 5 heteroatoms. The predicted molar refractivity (Wildman–Crippen MR) is 106 cm³/mol. The third-order valence-electron chi connectivity index (χ3n) is 6.16. The molecule has 1 aliphatic carbocycles. The van der Waals surface area contributed by atoms with Gasteiger partial charge in [-0.3, -0.25) is 4.90 Å². The lowest BCUT2D eigenvalue weighted by Gasteiger charge is -2.41. The Hall–Kier alpha value is -2.40. The SMILES string of the molecule is COc1cccc(-c2ccc3nc(C4CCCN(C5CCC5)C4)nn3c2)c1. The van der Waals surface area contributed by atoms with Gasteiger partial charge in [-0.05, 0) is 62.1 Å². The van der Waals surface area contributed by atoms with Gasteiger partial charge in [0.1, 0.15) is 5.75 Å². The summed E-state index contributed by atoms with van der Waals surface area (Å²) in [6.45, 7) is 2.36. The van der Waals surface area contributed by atoms with E-state index in [1.54, 1.807) is 7.11 Å². The standard InChI is InChI=1S/C22H26N4O/c1-27-20-9-2-5-16(13-20)17-10-11-21-23-22(24-26(21)15-17)18-6-4-12-25(14-18)19-7-3-8-19/h2,5,9-11,13,15,18-19H,3-4,6-8,12,14H2,1H3. The fourth-order valence-corrected chi connectivity index (χ4v) is 4.35. The van der Waals surface area contributed by atoms with Crippen molar-refractivity contribution in [1.82, 2.24) is 19.5 Å². The Kier molecular flexibility index (Phi) is 4.32. The van der Waals surface area contributed by atoms with E-state index in [0.717, 1.165) is 40.9 Å². The molecule has 2 fully saturated rings. The van der Waals surface area contributed by atoms with Crippen molar-refractivity contribution < 1.29 is 4.74 Å². The minimum atomic E-state index is 0.458. The van der Waals surface area contributed by atoms with Crippen LogP contribution in [0.2, 0.25) is 0 Å². The molecule has 5 rings (SSSR count). The summed E-state index contributed by atoms with van der Waals surface area (Å²) in [4.78, 5) is 7.51. The van der Waals surface area contributed by atoms with Crippen LogP contribution in [0.5, 0.6) is 5.75 Å². The van der Waals surface area contributed by atoms with Crippen LogP contribution in [0, 0.1) is 0 Å². The van der Waals surface area contributed by atoms with Gasteiger partial charge in [-0.1, -0.05) is 18.6 Å². The number of rotatable bonds is 4. The van der Waals surface area contributed by atoms with E-state index in [-0.39, 0.29) is 0 Å². The molecule has 1 aliphatic heterocycles. The Morgan fingerprint density at radius 2 is 1.96 bits per heavy atom. The zero-order chi connectivity index (χ0) is 18.2. The first-order valence-corrected chi connectivity index (χ1v) is 10.0. The van der Waals surface area contributed by atoms with Gasteiger partial charge in [0.25, 0.3) is 0 Å². The first-order valence-electron chi connectivity index (χ1n) is 10.0. The number of hydrogen-bond donors (Lipinski definition) is 0. The molecule has 0 spiro atoms. The molecule has 0 amide bonds. The van der Waals surface area contributed by atoms with E-state index >= 15 is 0 Å². The van der Waals surface area contributed by atoms with Crippen LogP contribution in [0.4, 0.5) is 0 Å². The van der Waals surface area contributed by atoms with Crippen molar-refractivity contribution in [2.75, 3.05) is 20.2 Å². The molecule has 0 bridgehead atoms. The molecular weight excluding hydrogens is 336 g/mol. The Morgan fingerprint density at radius 1 is 1.04 bits per heavy atom. The second-order valence-electron chi connectivity index (χ2n) is 7.84. The molecule has 1 atom stereocenters. The molecule has 1 aromatic carbocycles. The Balaban J connectivity index is 1.41. The average molecular weight is 362 g/mol. The largest absolute Gasteiger partial charge is 0.497 e. The molecule has 5 nitrogen and oxygen atoms in total. The van der Waals surface area contributed by atoms with Crippen LogP contribution >= 0.6 is 0 Å². The minimum Gasteiger partial charge on any atom is -0.497 e. The van der Waals surface area contributed by atoms with Crippen molar-refractivity contribution in [1.29, 1.82) is 0 Å². The summed E-state index contributed by atoms with van der Waals surface area (Å²) >= 11 is 0. The normalized spacial score (nSPS) is 21.3. The van der Waals surface area contributed by atoms with E-state index in [1.807, 2.05) is 16.6 Å². The first-order chi connectivity index (χ1) is 13.3. The zero-order valence-electron chi connectivity index (χ0n) is 15.8. The van der Waals surface area contributed by atoms with Crippen molar-refractivity contribution in [2.24, 2.45) is 0 Å². The van der Waals surface area contributed by atoms with Gasteiger partial charge in [0.05, 0.1) is 7.11 Å². The molecule has 1 saturated carbocycles. The smallest absolute Gasteiger partial charge is 0.156 e. The van der Waals surface area contributed by atoms with Crippen molar-refractivity contribution in [3.8, 4) is 16.9 Å². The monoisotopic (exact) mass is 362 g/mol. The summed E-state index contributed by atoms with van der Waals surface area (Å²) in [5.41, 5.74) is 3.18. The van der Waals surface area contributed by atoms with Crippen LogP contribution in [0.15, 0.2) is 42.6 Å². The fraction of sp³-hybridized carbons (Fsp3) is 0.455. The lowest BCUT2D eigenvalue weighted by molar-refractivity contribution is 0.0929. The van der Waals surface area contributed by atoms with Crippen molar-refractivity contribution in [3.05, 3.63) is 48.4 Å². The third kappa shape index (κ3) is 3.21. The number of nitrogens with zero attached hydrogens (tertiary/aromatic N) is 4. The molecule has 27 heavy (non-hydrogen) atoms. The van der Waals surface area contributed by atoms with Crippen LogP contribution in [-0.2, 0) is 0 Å². The number of piperidine rings is 1. The number of aromatic nitrogens is 3. The third-order valence-corrected chi connectivity index (χ3v) is 6.16. The lowest BCUT2D eigenvalue weighted by atomic mass is 9.87. The van der Waals surface area contributed by atoms with Crippen LogP contribution < -0.4 is 4.74 Å². The van der Waals surface area contributed by atoms with Gasteiger partial charge in [-0.2, -0.15) is 5.10 Å². The van der Waals surface area contributed by atoms with Gasteiger partial charge >= 0.3 is 0 Å². The summed E-state index contributed by atoms with van der Waals surface area (Å²) in [6.07, 6.45) is 8.66. The summed E-state index contributed by atoms with van der Waals surface area (Å²) in [6, 6.07) is 13.1. The van der Waals surface area contributed by atoms with Crippen LogP contribution in [0.1, 0.15) is 43.8 Å². The highest BCUT2D eigenvalue weighted by Gasteiger charge is 2.31. The molecule has 0 radical (unpaired) electrons. The molecule has 2 aromatic heterocycles. The van der Waals surface area contributed by atoms with E-state index in [1.165, 1.54) is 38.6 Å². The summed E-state index contributed by atoms with van der Waals surface area (Å²) in [5, 5.41) is 4.85. The van der Waals surface area contributed by atoms with E-state index < -0.39 is 0 Å². The second kappa shape index (κ2) is 6.97. The maximum atomic E-state index is 5.35. The van der Waals surface area contributed by atoms with Gasteiger partial charge in [0, 0.05) is 30.3 Å². The quantitative estimate of drug-likeness (QED) is 0.700. The highest BCUT2D eigenvalue weighted by molar-refractivity contribution is 5.65. The Morgan fingerprint density at radius 3 is 2.78 bits per heavy atom. The molecular formula is C22H26N4O. The van der Waals surface area contributed by atoms with Crippen molar-refractivity contribution in [2.45, 2.75) is 44.1 Å². The maximum absolute atomic E-state index is 5.35. The van der Waals surface area contributed by atoms with E-state index in [2.05, 4.69) is 35.4 Å². The number of methoxy groups -OCH3 is 1. The number of pyridine rings is 1. The predicted octanol–water partition coefficient (Wildman–Crippen LogP) is 4.14. The van der Waals surface area contributed by atoms with Gasteiger partial charge in [0.2, 0.25) is 0 Å². The van der Waals surface area contributed by atoms with Gasteiger partial charge in [0.15, 0.2) is 11.5 Å². The lowest BCUT2D eigenvalue weighted by Crippen LogP contribution is -2.45. The van der Waals surface area contributed by atoms with Crippen molar-refractivity contribution >= 4 is 5.65 Å². The Labute approximate surface area is 160 Å². The number of benzene rings is 1. The average Bonchev–Trinajstić information content (AvgIpc) is 3.10. The number of fused-ring (bicyclic) bond motifs is 1. The van der Waals surface area contributed by atoms with E-state index in [0.29, 0.717) is 5.92 Å². The molecule has 2 aliphatic rings.